The van der Waals surface area contributed by atoms with Gasteiger partial charge in [-0.05, 0) is 18.9 Å². The Hall–Kier alpha value is -1.00. The smallest absolute Gasteiger partial charge is 0.249 e. The fourth-order valence-corrected chi connectivity index (χ4v) is 4.85. The molecule has 2 atom stereocenters. The van der Waals surface area contributed by atoms with Gasteiger partial charge in [-0.3, -0.25) is 9.69 Å². The van der Waals surface area contributed by atoms with Crippen molar-refractivity contribution in [1.29, 1.82) is 0 Å². The molecule has 3 aliphatic heterocycles. The van der Waals surface area contributed by atoms with Gasteiger partial charge in [-0.25, -0.2) is 0 Å². The first-order chi connectivity index (χ1) is 8.32. The third-order valence-electron chi connectivity index (χ3n) is 4.31. The monoisotopic (exact) mass is 246 g/mol. The van der Waals surface area contributed by atoms with Crippen molar-refractivity contribution < 1.29 is 4.79 Å². The topological polar surface area (TPSA) is 32.3 Å². The Bertz CT molecular complexity index is 504. The number of carbonyl (C=O) groups excluding carboxylic acids is 1. The lowest BCUT2D eigenvalue weighted by atomic mass is 9.89. The van der Waals surface area contributed by atoms with Crippen molar-refractivity contribution in [2.75, 3.05) is 16.9 Å². The molecule has 0 radical (unpaired) electrons. The van der Waals surface area contributed by atoms with E-state index in [1.165, 1.54) is 11.3 Å². The lowest BCUT2D eigenvalue weighted by molar-refractivity contribution is -0.126. The molecule has 17 heavy (non-hydrogen) atoms. The number of hydrogen-bond donors (Lipinski definition) is 1. The van der Waals surface area contributed by atoms with E-state index in [-0.39, 0.29) is 11.4 Å². The molecule has 4 heteroatoms. The van der Waals surface area contributed by atoms with Crippen LogP contribution in [0.4, 0.5) is 5.69 Å². The molecule has 0 bridgehead atoms. The SMILES string of the molecule is O=C1Nc2ccccc2C12CCC1CSCN12. The summed E-state index contributed by atoms with van der Waals surface area (Å²) >= 11 is 1.95. The fraction of sp³-hybridized carbons (Fsp3) is 0.462. The van der Waals surface area contributed by atoms with E-state index in [0.29, 0.717) is 6.04 Å². The molecule has 1 spiro atoms. The quantitative estimate of drug-likeness (QED) is 0.760. The maximum Gasteiger partial charge on any atom is 0.249 e. The van der Waals surface area contributed by atoms with E-state index in [4.69, 9.17) is 0 Å². The zero-order chi connectivity index (χ0) is 11.5. The molecule has 1 aromatic rings. The van der Waals surface area contributed by atoms with E-state index in [1.54, 1.807) is 0 Å². The van der Waals surface area contributed by atoms with Gasteiger partial charge in [0, 0.05) is 28.9 Å². The predicted octanol–water partition coefficient (Wildman–Crippen LogP) is 2.00. The van der Waals surface area contributed by atoms with Crippen LogP contribution in [0.1, 0.15) is 18.4 Å². The molecule has 88 valence electrons. The third kappa shape index (κ3) is 1.10. The van der Waals surface area contributed by atoms with Crippen molar-refractivity contribution >= 4 is 23.4 Å². The molecule has 0 aromatic heterocycles. The highest BCUT2D eigenvalue weighted by atomic mass is 32.2. The first kappa shape index (κ1) is 9.97. The molecule has 1 aromatic carbocycles. The molecule has 1 N–H and O–H groups in total. The number of fused-ring (bicyclic) bond motifs is 4. The number of benzene rings is 1. The Labute approximate surface area is 105 Å². The van der Waals surface area contributed by atoms with Crippen LogP contribution in [0.2, 0.25) is 0 Å². The predicted molar refractivity (Wildman–Crippen MR) is 68.9 cm³/mol. The van der Waals surface area contributed by atoms with Gasteiger partial charge in [0.2, 0.25) is 5.91 Å². The summed E-state index contributed by atoms with van der Waals surface area (Å²) in [5, 5.41) is 3.05. The average molecular weight is 246 g/mol. The van der Waals surface area contributed by atoms with E-state index < -0.39 is 0 Å². The van der Waals surface area contributed by atoms with Crippen molar-refractivity contribution in [1.82, 2.24) is 4.90 Å². The van der Waals surface area contributed by atoms with Crippen LogP contribution in [-0.4, -0.2) is 28.5 Å². The van der Waals surface area contributed by atoms with Gasteiger partial charge in [0.15, 0.2) is 0 Å². The Kier molecular flexibility index (Phi) is 1.92. The fourth-order valence-electron chi connectivity index (χ4n) is 3.50. The molecular weight excluding hydrogens is 232 g/mol. The second-order valence-electron chi connectivity index (χ2n) is 5.02. The van der Waals surface area contributed by atoms with E-state index >= 15 is 0 Å². The maximum atomic E-state index is 12.4. The van der Waals surface area contributed by atoms with Crippen molar-refractivity contribution in [3.05, 3.63) is 29.8 Å². The minimum absolute atomic E-state index is 0.184. The molecule has 2 fully saturated rings. The lowest BCUT2D eigenvalue weighted by Gasteiger charge is -2.32. The summed E-state index contributed by atoms with van der Waals surface area (Å²) in [6.07, 6.45) is 2.12. The standard InChI is InChI=1S/C13H14N2OS/c16-12-13(6-5-9-7-17-8-15(9)13)10-3-1-2-4-11(10)14-12/h1-4,9H,5-8H2,(H,14,16). The summed E-state index contributed by atoms with van der Waals surface area (Å²) in [6.45, 7) is 0. The molecule has 3 nitrogen and oxygen atoms in total. The van der Waals surface area contributed by atoms with Gasteiger partial charge in [0.1, 0.15) is 5.54 Å². The molecule has 0 aliphatic carbocycles. The summed E-state index contributed by atoms with van der Waals surface area (Å²) in [7, 11) is 0. The van der Waals surface area contributed by atoms with Crippen LogP contribution in [0.3, 0.4) is 0 Å². The maximum absolute atomic E-state index is 12.4. The summed E-state index contributed by atoms with van der Waals surface area (Å²) in [5.41, 5.74) is 1.84. The van der Waals surface area contributed by atoms with Crippen LogP contribution in [0.25, 0.3) is 0 Å². The van der Waals surface area contributed by atoms with E-state index in [1.807, 2.05) is 30.0 Å². The Morgan fingerprint density at radius 3 is 3.24 bits per heavy atom. The van der Waals surface area contributed by atoms with Crippen LogP contribution < -0.4 is 5.32 Å². The highest BCUT2D eigenvalue weighted by Gasteiger charge is 2.57. The molecule has 2 unspecified atom stereocenters. The molecule has 4 rings (SSSR count). The zero-order valence-electron chi connectivity index (χ0n) is 9.48. The van der Waals surface area contributed by atoms with Gasteiger partial charge >= 0.3 is 0 Å². The van der Waals surface area contributed by atoms with E-state index in [0.717, 1.165) is 24.4 Å². The number of rotatable bonds is 0. The van der Waals surface area contributed by atoms with Crippen LogP contribution in [0.15, 0.2) is 24.3 Å². The normalized spacial score (nSPS) is 35.1. The first-order valence-electron chi connectivity index (χ1n) is 6.08. The lowest BCUT2D eigenvalue weighted by Crippen LogP contribution is -2.47. The van der Waals surface area contributed by atoms with Gasteiger partial charge < -0.3 is 5.32 Å². The number of amides is 1. The Morgan fingerprint density at radius 2 is 2.29 bits per heavy atom. The number of para-hydroxylation sites is 1. The molecule has 3 aliphatic rings. The van der Waals surface area contributed by atoms with Gasteiger partial charge in [-0.2, -0.15) is 0 Å². The van der Waals surface area contributed by atoms with Gasteiger partial charge in [0.05, 0.1) is 0 Å². The number of thioether (sulfide) groups is 1. The van der Waals surface area contributed by atoms with Crippen LogP contribution >= 0.6 is 11.8 Å². The van der Waals surface area contributed by atoms with Crippen LogP contribution in [-0.2, 0) is 10.3 Å². The van der Waals surface area contributed by atoms with E-state index in [9.17, 15) is 4.79 Å². The van der Waals surface area contributed by atoms with Gasteiger partial charge in [0.25, 0.3) is 0 Å². The second-order valence-corrected chi connectivity index (χ2v) is 6.02. The Morgan fingerprint density at radius 1 is 1.41 bits per heavy atom. The largest absolute Gasteiger partial charge is 0.324 e. The molecule has 0 saturated carbocycles. The molecule has 2 saturated heterocycles. The highest BCUT2D eigenvalue weighted by molar-refractivity contribution is 7.99. The number of hydrogen-bond acceptors (Lipinski definition) is 3. The highest BCUT2D eigenvalue weighted by Crippen LogP contribution is 2.52. The number of carbonyl (C=O) groups is 1. The number of nitrogens with zero attached hydrogens (tertiary/aromatic N) is 1. The van der Waals surface area contributed by atoms with Crippen molar-refractivity contribution in [3.8, 4) is 0 Å². The summed E-state index contributed by atoms with van der Waals surface area (Å²) < 4.78 is 0. The van der Waals surface area contributed by atoms with Crippen LogP contribution in [0, 0.1) is 0 Å². The average Bonchev–Trinajstić information content (AvgIpc) is 2.97. The van der Waals surface area contributed by atoms with Crippen LogP contribution in [0.5, 0.6) is 0 Å². The molecule has 3 heterocycles. The van der Waals surface area contributed by atoms with Crippen molar-refractivity contribution in [2.24, 2.45) is 0 Å². The first-order valence-corrected chi connectivity index (χ1v) is 7.23. The van der Waals surface area contributed by atoms with Gasteiger partial charge in [-0.1, -0.05) is 18.2 Å². The van der Waals surface area contributed by atoms with Crippen molar-refractivity contribution in [2.45, 2.75) is 24.4 Å². The van der Waals surface area contributed by atoms with Gasteiger partial charge in [-0.15, -0.1) is 11.8 Å². The Balaban J connectivity index is 1.90. The summed E-state index contributed by atoms with van der Waals surface area (Å²) in [5.74, 6) is 2.35. The third-order valence-corrected chi connectivity index (χ3v) is 5.39. The van der Waals surface area contributed by atoms with E-state index in [2.05, 4.69) is 16.3 Å². The number of nitrogens with one attached hydrogen (secondary N) is 1. The summed E-state index contributed by atoms with van der Waals surface area (Å²) in [6, 6.07) is 8.74. The zero-order valence-corrected chi connectivity index (χ0v) is 10.3. The number of anilines is 1. The second kappa shape index (κ2) is 3.27. The minimum atomic E-state index is -0.356. The molecular formula is C13H14N2OS. The minimum Gasteiger partial charge on any atom is -0.324 e. The summed E-state index contributed by atoms with van der Waals surface area (Å²) in [4.78, 5) is 14.9. The molecule has 1 amide bonds. The van der Waals surface area contributed by atoms with Crippen molar-refractivity contribution in [3.63, 3.8) is 0 Å².